The number of carbonyl (C=O) groups is 1. The first-order chi connectivity index (χ1) is 13.3. The highest BCUT2D eigenvalue weighted by molar-refractivity contribution is 7.91. The number of aryl methyl sites for hydroxylation is 2. The van der Waals surface area contributed by atoms with Crippen molar-refractivity contribution < 1.29 is 13.2 Å². The highest BCUT2D eigenvalue weighted by atomic mass is 32.2. The second kappa shape index (κ2) is 7.29. The second-order valence-corrected chi connectivity index (χ2v) is 9.87. The normalized spacial score (nSPS) is 24.5. The van der Waals surface area contributed by atoms with Crippen LogP contribution in [0.25, 0.3) is 5.82 Å². The molecular formula is C19H25N5O3S. The van der Waals surface area contributed by atoms with Crippen molar-refractivity contribution in [3.63, 3.8) is 0 Å². The quantitative estimate of drug-likeness (QED) is 0.814. The first kappa shape index (κ1) is 19.1. The van der Waals surface area contributed by atoms with Gasteiger partial charge in [0, 0.05) is 17.9 Å². The van der Waals surface area contributed by atoms with Crippen molar-refractivity contribution in [2.45, 2.75) is 38.8 Å². The molecule has 2 unspecified atom stereocenters. The number of hydrogen-bond acceptors (Lipinski definition) is 6. The average Bonchev–Trinajstić information content (AvgIpc) is 3.34. The van der Waals surface area contributed by atoms with E-state index in [4.69, 9.17) is 0 Å². The lowest BCUT2D eigenvalue weighted by Gasteiger charge is -2.28. The van der Waals surface area contributed by atoms with Gasteiger partial charge in [-0.3, -0.25) is 9.69 Å². The van der Waals surface area contributed by atoms with E-state index in [-0.39, 0.29) is 29.5 Å². The zero-order chi connectivity index (χ0) is 19.9. The van der Waals surface area contributed by atoms with E-state index in [0.717, 1.165) is 37.3 Å². The van der Waals surface area contributed by atoms with Gasteiger partial charge in [-0.15, -0.1) is 0 Å². The van der Waals surface area contributed by atoms with Gasteiger partial charge < -0.3 is 5.32 Å². The van der Waals surface area contributed by atoms with E-state index in [9.17, 15) is 13.2 Å². The lowest BCUT2D eigenvalue weighted by Crippen LogP contribution is -2.50. The first-order valence-electron chi connectivity index (χ1n) is 9.57. The molecule has 0 spiro atoms. The number of likely N-dealkylation sites (tertiary alicyclic amines) is 1. The van der Waals surface area contributed by atoms with Crippen LogP contribution in [0.1, 0.15) is 34.6 Å². The van der Waals surface area contributed by atoms with E-state index in [1.807, 2.05) is 19.9 Å². The van der Waals surface area contributed by atoms with E-state index >= 15 is 0 Å². The molecular weight excluding hydrogens is 378 g/mol. The molecule has 0 aromatic carbocycles. The summed E-state index contributed by atoms with van der Waals surface area (Å²) in [6, 6.07) is 4.88. The molecule has 9 heteroatoms. The van der Waals surface area contributed by atoms with Gasteiger partial charge in [-0.2, -0.15) is 5.10 Å². The minimum absolute atomic E-state index is 0.00280. The van der Waals surface area contributed by atoms with Gasteiger partial charge in [-0.25, -0.2) is 18.1 Å². The van der Waals surface area contributed by atoms with Crippen LogP contribution in [0.4, 0.5) is 0 Å². The number of nitrogens with zero attached hydrogens (tertiary/aromatic N) is 4. The topological polar surface area (TPSA) is 97.2 Å². The molecule has 2 aliphatic heterocycles. The SMILES string of the molecule is Cc1cc(C)n(-c2ccc(C(=O)NC3CS(=O)(=O)CC3N3CCCC3)cn2)n1. The van der Waals surface area contributed by atoms with E-state index in [1.165, 1.54) is 6.20 Å². The molecule has 4 rings (SSSR count). The van der Waals surface area contributed by atoms with E-state index < -0.39 is 9.84 Å². The highest BCUT2D eigenvalue weighted by Gasteiger charge is 2.42. The molecule has 2 aliphatic rings. The van der Waals surface area contributed by atoms with Crippen molar-refractivity contribution in [1.82, 2.24) is 25.0 Å². The summed E-state index contributed by atoms with van der Waals surface area (Å²) in [6.45, 7) is 5.65. The maximum absolute atomic E-state index is 12.7. The van der Waals surface area contributed by atoms with Crippen molar-refractivity contribution in [1.29, 1.82) is 0 Å². The Kier molecular flexibility index (Phi) is 4.96. The predicted molar refractivity (Wildman–Crippen MR) is 105 cm³/mol. The van der Waals surface area contributed by atoms with Gasteiger partial charge in [0.15, 0.2) is 15.7 Å². The smallest absolute Gasteiger partial charge is 0.253 e. The molecule has 1 amide bonds. The maximum Gasteiger partial charge on any atom is 0.253 e. The van der Waals surface area contributed by atoms with Crippen LogP contribution in [0.5, 0.6) is 0 Å². The molecule has 0 bridgehead atoms. The molecule has 8 nitrogen and oxygen atoms in total. The largest absolute Gasteiger partial charge is 0.347 e. The molecule has 1 N–H and O–H groups in total. The van der Waals surface area contributed by atoms with Crippen LogP contribution in [0.15, 0.2) is 24.4 Å². The Balaban J connectivity index is 1.49. The molecule has 0 aliphatic carbocycles. The Labute approximate surface area is 164 Å². The molecule has 2 atom stereocenters. The summed E-state index contributed by atoms with van der Waals surface area (Å²) in [7, 11) is -3.14. The Bertz CT molecular complexity index is 977. The van der Waals surface area contributed by atoms with E-state index in [2.05, 4.69) is 20.3 Å². The van der Waals surface area contributed by atoms with Crippen molar-refractivity contribution in [3.05, 3.63) is 41.3 Å². The number of carbonyl (C=O) groups excluding carboxylic acids is 1. The minimum atomic E-state index is -3.14. The summed E-state index contributed by atoms with van der Waals surface area (Å²) in [5.41, 5.74) is 2.28. The lowest BCUT2D eigenvalue weighted by atomic mass is 10.1. The average molecular weight is 404 g/mol. The third-order valence-electron chi connectivity index (χ3n) is 5.49. The molecule has 2 aromatic heterocycles. The third-order valence-corrected chi connectivity index (χ3v) is 7.20. The van der Waals surface area contributed by atoms with Gasteiger partial charge in [0.2, 0.25) is 0 Å². The van der Waals surface area contributed by atoms with Gasteiger partial charge in [0.25, 0.3) is 5.91 Å². The fourth-order valence-electron chi connectivity index (χ4n) is 4.16. The predicted octanol–water partition coefficient (Wildman–Crippen LogP) is 0.875. The molecule has 2 aromatic rings. The Morgan fingerprint density at radius 3 is 2.54 bits per heavy atom. The van der Waals surface area contributed by atoms with Gasteiger partial charge in [-0.05, 0) is 58.0 Å². The molecule has 150 valence electrons. The highest BCUT2D eigenvalue weighted by Crippen LogP contribution is 2.23. The van der Waals surface area contributed by atoms with E-state index in [1.54, 1.807) is 16.8 Å². The standard InChI is InChI=1S/C19H25N5O3S/c1-13-9-14(2)24(22-13)18-6-5-15(10-20-18)19(25)21-16-11-28(26,27)12-17(16)23-7-3-4-8-23/h5-6,9-10,16-17H,3-4,7-8,11-12H2,1-2H3,(H,21,25). The maximum atomic E-state index is 12.7. The molecule has 2 saturated heterocycles. The zero-order valence-corrected chi connectivity index (χ0v) is 16.9. The van der Waals surface area contributed by atoms with Crippen molar-refractivity contribution >= 4 is 15.7 Å². The molecule has 0 radical (unpaired) electrons. The number of amides is 1. The number of hydrogen-bond donors (Lipinski definition) is 1. The van der Waals surface area contributed by atoms with Gasteiger partial charge >= 0.3 is 0 Å². The van der Waals surface area contributed by atoms with Crippen LogP contribution >= 0.6 is 0 Å². The van der Waals surface area contributed by atoms with Crippen LogP contribution in [-0.2, 0) is 9.84 Å². The summed E-state index contributed by atoms with van der Waals surface area (Å²) < 4.78 is 26.0. The van der Waals surface area contributed by atoms with Crippen LogP contribution in [0.3, 0.4) is 0 Å². The summed E-state index contributed by atoms with van der Waals surface area (Å²) in [6.07, 6.45) is 3.67. The summed E-state index contributed by atoms with van der Waals surface area (Å²) >= 11 is 0. The number of nitrogens with one attached hydrogen (secondary N) is 1. The van der Waals surface area contributed by atoms with E-state index in [0.29, 0.717) is 11.4 Å². The van der Waals surface area contributed by atoms with Crippen LogP contribution < -0.4 is 5.32 Å². The Morgan fingerprint density at radius 2 is 1.93 bits per heavy atom. The zero-order valence-electron chi connectivity index (χ0n) is 16.1. The number of aromatic nitrogens is 3. The second-order valence-electron chi connectivity index (χ2n) is 7.71. The minimum Gasteiger partial charge on any atom is -0.347 e. The Morgan fingerprint density at radius 1 is 1.18 bits per heavy atom. The molecule has 28 heavy (non-hydrogen) atoms. The van der Waals surface area contributed by atoms with Crippen molar-refractivity contribution in [3.8, 4) is 5.82 Å². The summed E-state index contributed by atoms with van der Waals surface area (Å²) in [5.74, 6) is 0.462. The van der Waals surface area contributed by atoms with Gasteiger partial charge in [0.1, 0.15) is 0 Å². The number of sulfone groups is 1. The fourth-order valence-corrected chi connectivity index (χ4v) is 6.11. The number of pyridine rings is 1. The van der Waals surface area contributed by atoms with Crippen molar-refractivity contribution in [2.24, 2.45) is 0 Å². The third kappa shape index (κ3) is 3.81. The van der Waals surface area contributed by atoms with Crippen molar-refractivity contribution in [2.75, 3.05) is 24.6 Å². The number of rotatable bonds is 4. The van der Waals surface area contributed by atoms with Gasteiger partial charge in [-0.1, -0.05) is 0 Å². The molecule has 2 fully saturated rings. The van der Waals surface area contributed by atoms with Crippen LogP contribution in [-0.4, -0.2) is 70.7 Å². The monoisotopic (exact) mass is 403 g/mol. The molecule has 4 heterocycles. The fraction of sp³-hybridized carbons (Fsp3) is 0.526. The first-order valence-corrected chi connectivity index (χ1v) is 11.4. The van der Waals surface area contributed by atoms with Crippen LogP contribution in [0, 0.1) is 13.8 Å². The Hall–Kier alpha value is -2.26. The summed E-state index contributed by atoms with van der Waals surface area (Å²) in [5, 5.41) is 7.32. The lowest BCUT2D eigenvalue weighted by molar-refractivity contribution is 0.0918. The van der Waals surface area contributed by atoms with Crippen LogP contribution in [0.2, 0.25) is 0 Å². The molecule has 0 saturated carbocycles. The van der Waals surface area contributed by atoms with Gasteiger partial charge in [0.05, 0.1) is 28.8 Å². The summed E-state index contributed by atoms with van der Waals surface area (Å²) in [4.78, 5) is 19.3.